The maximum atomic E-state index is 6.36. The summed E-state index contributed by atoms with van der Waals surface area (Å²) in [6.45, 7) is 6.78. The van der Waals surface area contributed by atoms with Gasteiger partial charge in [-0.25, -0.2) is 0 Å². The van der Waals surface area contributed by atoms with Crippen LogP contribution in [0.25, 0.3) is 0 Å². The van der Waals surface area contributed by atoms with Crippen LogP contribution in [0.4, 0.5) is 0 Å². The van der Waals surface area contributed by atoms with E-state index in [2.05, 4.69) is 43.0 Å². The molecule has 1 aliphatic heterocycles. The Morgan fingerprint density at radius 1 is 1.24 bits per heavy atom. The molecule has 0 saturated carbocycles. The van der Waals surface area contributed by atoms with Crippen molar-refractivity contribution in [3.8, 4) is 0 Å². The molecule has 17 heavy (non-hydrogen) atoms. The topological polar surface area (TPSA) is 29.3 Å². The SMILES string of the molecule is CCC(N)C(c1ccccc1C)N1CCCC1. The molecule has 0 spiro atoms. The standard InChI is InChI=1S/C15H24N2/c1-3-14(16)15(17-10-6-7-11-17)13-9-5-4-8-12(13)2/h4-5,8-9,14-15H,3,6-7,10-11,16H2,1-2H3. The van der Waals surface area contributed by atoms with E-state index in [9.17, 15) is 0 Å². The first-order valence-corrected chi connectivity index (χ1v) is 6.79. The number of nitrogens with two attached hydrogens (primary N) is 1. The zero-order valence-corrected chi connectivity index (χ0v) is 11.0. The van der Waals surface area contributed by atoms with Gasteiger partial charge in [0.05, 0.1) is 6.04 Å². The van der Waals surface area contributed by atoms with E-state index in [1.54, 1.807) is 0 Å². The Morgan fingerprint density at radius 3 is 2.47 bits per heavy atom. The van der Waals surface area contributed by atoms with E-state index in [0.29, 0.717) is 6.04 Å². The summed E-state index contributed by atoms with van der Waals surface area (Å²) in [6.07, 6.45) is 3.67. The first-order chi connectivity index (χ1) is 8.24. The van der Waals surface area contributed by atoms with E-state index in [4.69, 9.17) is 5.73 Å². The fourth-order valence-electron chi connectivity index (χ4n) is 2.86. The van der Waals surface area contributed by atoms with Gasteiger partial charge >= 0.3 is 0 Å². The van der Waals surface area contributed by atoms with Gasteiger partial charge in [-0.2, -0.15) is 0 Å². The van der Waals surface area contributed by atoms with Crippen molar-refractivity contribution in [1.29, 1.82) is 0 Å². The molecule has 94 valence electrons. The van der Waals surface area contributed by atoms with Crippen molar-refractivity contribution < 1.29 is 0 Å². The molecule has 0 radical (unpaired) electrons. The van der Waals surface area contributed by atoms with Crippen LogP contribution in [0.5, 0.6) is 0 Å². The summed E-state index contributed by atoms with van der Waals surface area (Å²) < 4.78 is 0. The monoisotopic (exact) mass is 232 g/mol. The molecule has 1 aromatic carbocycles. The van der Waals surface area contributed by atoms with Gasteiger partial charge in [-0.1, -0.05) is 31.2 Å². The fraction of sp³-hybridized carbons (Fsp3) is 0.600. The highest BCUT2D eigenvalue weighted by atomic mass is 15.2. The molecule has 2 atom stereocenters. The third-order valence-electron chi connectivity index (χ3n) is 3.92. The molecule has 0 aliphatic carbocycles. The number of benzene rings is 1. The highest BCUT2D eigenvalue weighted by Gasteiger charge is 2.28. The molecule has 2 rings (SSSR count). The largest absolute Gasteiger partial charge is 0.326 e. The number of likely N-dealkylation sites (tertiary alicyclic amines) is 1. The zero-order valence-electron chi connectivity index (χ0n) is 11.0. The number of hydrogen-bond donors (Lipinski definition) is 1. The molecule has 2 N–H and O–H groups in total. The Balaban J connectivity index is 2.29. The molecule has 1 heterocycles. The van der Waals surface area contributed by atoms with Crippen LogP contribution in [0.3, 0.4) is 0 Å². The van der Waals surface area contributed by atoms with Gasteiger partial charge in [0.15, 0.2) is 0 Å². The summed E-state index contributed by atoms with van der Waals surface area (Å²) in [7, 11) is 0. The highest BCUT2D eigenvalue weighted by molar-refractivity contribution is 5.30. The van der Waals surface area contributed by atoms with E-state index in [1.165, 1.54) is 37.1 Å². The van der Waals surface area contributed by atoms with Crippen LogP contribution in [0, 0.1) is 6.92 Å². The average molecular weight is 232 g/mol. The van der Waals surface area contributed by atoms with Crippen LogP contribution in [0.1, 0.15) is 43.4 Å². The summed E-state index contributed by atoms with van der Waals surface area (Å²) in [5.74, 6) is 0. The molecule has 1 aromatic rings. The maximum absolute atomic E-state index is 6.36. The van der Waals surface area contributed by atoms with Crippen molar-refractivity contribution in [2.24, 2.45) is 5.73 Å². The number of rotatable bonds is 4. The minimum Gasteiger partial charge on any atom is -0.326 e. The Hall–Kier alpha value is -0.860. The predicted molar refractivity (Wildman–Crippen MR) is 73.0 cm³/mol. The van der Waals surface area contributed by atoms with Crippen molar-refractivity contribution >= 4 is 0 Å². The second-order valence-electron chi connectivity index (χ2n) is 5.12. The van der Waals surface area contributed by atoms with Gasteiger partial charge in [0, 0.05) is 6.04 Å². The fourth-order valence-corrected chi connectivity index (χ4v) is 2.86. The van der Waals surface area contributed by atoms with Gasteiger partial charge < -0.3 is 5.73 Å². The molecule has 0 amide bonds. The first-order valence-electron chi connectivity index (χ1n) is 6.79. The Bertz CT molecular complexity index is 356. The van der Waals surface area contributed by atoms with Gasteiger partial charge in [-0.3, -0.25) is 4.90 Å². The predicted octanol–water partition coefficient (Wildman–Crippen LogP) is 2.87. The van der Waals surface area contributed by atoms with Crippen LogP contribution in [0.15, 0.2) is 24.3 Å². The van der Waals surface area contributed by atoms with E-state index in [-0.39, 0.29) is 6.04 Å². The Morgan fingerprint density at radius 2 is 1.88 bits per heavy atom. The lowest BCUT2D eigenvalue weighted by Crippen LogP contribution is -2.39. The third kappa shape index (κ3) is 2.70. The van der Waals surface area contributed by atoms with Crippen LogP contribution >= 0.6 is 0 Å². The smallest absolute Gasteiger partial charge is 0.0501 e. The summed E-state index contributed by atoms with van der Waals surface area (Å²) in [4.78, 5) is 2.57. The molecule has 1 aliphatic rings. The van der Waals surface area contributed by atoms with Crippen LogP contribution in [-0.4, -0.2) is 24.0 Å². The van der Waals surface area contributed by atoms with E-state index in [1.807, 2.05) is 0 Å². The second-order valence-corrected chi connectivity index (χ2v) is 5.12. The van der Waals surface area contributed by atoms with Crippen LogP contribution in [0.2, 0.25) is 0 Å². The molecular formula is C15H24N2. The van der Waals surface area contributed by atoms with Gasteiger partial charge in [0.25, 0.3) is 0 Å². The van der Waals surface area contributed by atoms with E-state index in [0.717, 1.165) is 6.42 Å². The quantitative estimate of drug-likeness (QED) is 0.865. The second kappa shape index (κ2) is 5.65. The number of aryl methyl sites for hydroxylation is 1. The molecule has 2 heteroatoms. The molecule has 1 fully saturated rings. The van der Waals surface area contributed by atoms with Crippen molar-refractivity contribution in [1.82, 2.24) is 4.90 Å². The normalized spacial score (nSPS) is 20.4. The average Bonchev–Trinajstić information content (AvgIpc) is 2.85. The number of nitrogens with zero attached hydrogens (tertiary/aromatic N) is 1. The molecule has 0 bridgehead atoms. The van der Waals surface area contributed by atoms with Gasteiger partial charge in [0.2, 0.25) is 0 Å². The zero-order chi connectivity index (χ0) is 12.3. The third-order valence-corrected chi connectivity index (χ3v) is 3.92. The summed E-state index contributed by atoms with van der Waals surface area (Å²) in [6, 6.07) is 9.33. The van der Waals surface area contributed by atoms with E-state index < -0.39 is 0 Å². The Kier molecular flexibility index (Phi) is 4.19. The summed E-state index contributed by atoms with van der Waals surface area (Å²) in [5, 5.41) is 0. The minimum atomic E-state index is 0.245. The van der Waals surface area contributed by atoms with Crippen molar-refractivity contribution in [3.05, 3.63) is 35.4 Å². The van der Waals surface area contributed by atoms with Gasteiger partial charge in [-0.05, 0) is 50.4 Å². The van der Waals surface area contributed by atoms with Gasteiger partial charge in [0.1, 0.15) is 0 Å². The molecule has 2 unspecified atom stereocenters. The van der Waals surface area contributed by atoms with Crippen molar-refractivity contribution in [3.63, 3.8) is 0 Å². The highest BCUT2D eigenvalue weighted by Crippen LogP contribution is 2.30. The lowest BCUT2D eigenvalue weighted by atomic mass is 9.93. The van der Waals surface area contributed by atoms with Gasteiger partial charge in [-0.15, -0.1) is 0 Å². The molecule has 0 aromatic heterocycles. The van der Waals surface area contributed by atoms with Crippen molar-refractivity contribution in [2.45, 2.75) is 45.2 Å². The van der Waals surface area contributed by atoms with Crippen molar-refractivity contribution in [2.75, 3.05) is 13.1 Å². The van der Waals surface area contributed by atoms with Crippen LogP contribution in [-0.2, 0) is 0 Å². The molecular weight excluding hydrogens is 208 g/mol. The van der Waals surface area contributed by atoms with Crippen LogP contribution < -0.4 is 5.73 Å². The van der Waals surface area contributed by atoms with E-state index >= 15 is 0 Å². The maximum Gasteiger partial charge on any atom is 0.0501 e. The first kappa shape index (κ1) is 12.6. The number of hydrogen-bond acceptors (Lipinski definition) is 2. The minimum absolute atomic E-state index is 0.245. The summed E-state index contributed by atoms with van der Waals surface area (Å²) in [5.41, 5.74) is 9.15. The molecule has 1 saturated heterocycles. The molecule has 2 nitrogen and oxygen atoms in total. The Labute approximate surface area is 105 Å². The lowest BCUT2D eigenvalue weighted by Gasteiger charge is -2.33. The summed E-state index contributed by atoms with van der Waals surface area (Å²) >= 11 is 0. The lowest BCUT2D eigenvalue weighted by molar-refractivity contribution is 0.209.